The Morgan fingerprint density at radius 1 is 0.958 bits per heavy atom. The summed E-state index contributed by atoms with van der Waals surface area (Å²) >= 11 is 0. The molecule has 0 saturated heterocycles. The Balaban J connectivity index is 1.53. The molecule has 0 bridgehead atoms. The maximum absolute atomic E-state index is 11.0. The van der Waals surface area contributed by atoms with Crippen LogP contribution in [0.1, 0.15) is 21.7 Å². The second-order valence-corrected chi connectivity index (χ2v) is 5.32. The van der Waals surface area contributed by atoms with Crippen molar-refractivity contribution in [3.63, 3.8) is 0 Å². The van der Waals surface area contributed by atoms with Crippen LogP contribution in [0.5, 0.6) is 11.5 Å². The lowest BCUT2D eigenvalue weighted by atomic mass is 10.2. The van der Waals surface area contributed by atoms with Crippen LogP contribution in [0.3, 0.4) is 0 Å². The molecule has 5 heteroatoms. The highest BCUT2D eigenvalue weighted by atomic mass is 16.5. The van der Waals surface area contributed by atoms with Gasteiger partial charge in [-0.2, -0.15) is 0 Å². The minimum atomic E-state index is -0.451. The number of hydrogen-bond donors (Lipinski definition) is 2. The van der Waals surface area contributed by atoms with Crippen LogP contribution in [0.15, 0.2) is 71.3 Å². The van der Waals surface area contributed by atoms with Crippen LogP contribution in [0, 0.1) is 0 Å². The zero-order valence-electron chi connectivity index (χ0n) is 13.1. The van der Waals surface area contributed by atoms with Gasteiger partial charge in [0, 0.05) is 12.1 Å². The Labute approximate surface area is 140 Å². The first kappa shape index (κ1) is 15.8. The van der Waals surface area contributed by atoms with E-state index >= 15 is 0 Å². The molecule has 1 heterocycles. The van der Waals surface area contributed by atoms with Crippen molar-refractivity contribution in [2.45, 2.75) is 13.1 Å². The quantitative estimate of drug-likeness (QED) is 0.698. The number of ether oxygens (including phenoxy) is 1. The van der Waals surface area contributed by atoms with Gasteiger partial charge in [0.15, 0.2) is 0 Å². The van der Waals surface area contributed by atoms with Crippen LogP contribution >= 0.6 is 0 Å². The van der Waals surface area contributed by atoms with Gasteiger partial charge in [0.1, 0.15) is 17.3 Å². The summed E-state index contributed by atoms with van der Waals surface area (Å²) in [5.41, 5.74) is 6.82. The standard InChI is InChI=1S/C19H18N2O3/c20-19(22)15-5-9-17(10-6-15)24-16-7-3-14(4-8-16)12-21-13-18-2-1-11-23-18/h1-11,21H,12-13H2,(H2,20,22). The third kappa shape index (κ3) is 4.24. The fourth-order valence-electron chi connectivity index (χ4n) is 2.24. The molecule has 1 amide bonds. The van der Waals surface area contributed by atoms with Gasteiger partial charge >= 0.3 is 0 Å². The fraction of sp³-hybridized carbons (Fsp3) is 0.105. The van der Waals surface area contributed by atoms with E-state index in [9.17, 15) is 4.79 Å². The van der Waals surface area contributed by atoms with Crippen LogP contribution in [0.25, 0.3) is 0 Å². The number of nitrogens with two attached hydrogens (primary N) is 1. The van der Waals surface area contributed by atoms with E-state index in [1.807, 2.05) is 36.4 Å². The number of hydrogen-bond acceptors (Lipinski definition) is 4. The molecule has 0 aliphatic rings. The highest BCUT2D eigenvalue weighted by molar-refractivity contribution is 5.92. The van der Waals surface area contributed by atoms with E-state index in [0.29, 0.717) is 17.9 Å². The number of benzene rings is 2. The Morgan fingerprint density at radius 3 is 2.21 bits per heavy atom. The molecule has 0 fully saturated rings. The molecule has 0 atom stereocenters. The first-order chi connectivity index (χ1) is 11.7. The molecule has 3 N–H and O–H groups in total. The van der Waals surface area contributed by atoms with Gasteiger partial charge in [-0.25, -0.2) is 0 Å². The van der Waals surface area contributed by atoms with Gasteiger partial charge in [-0.15, -0.1) is 0 Å². The zero-order chi connectivity index (χ0) is 16.8. The monoisotopic (exact) mass is 322 g/mol. The van der Waals surface area contributed by atoms with Gasteiger partial charge < -0.3 is 20.2 Å². The van der Waals surface area contributed by atoms with Crippen LogP contribution < -0.4 is 15.8 Å². The highest BCUT2D eigenvalue weighted by Crippen LogP contribution is 2.22. The Kier molecular flexibility index (Phi) is 4.93. The van der Waals surface area contributed by atoms with E-state index < -0.39 is 5.91 Å². The molecule has 0 unspecified atom stereocenters. The smallest absolute Gasteiger partial charge is 0.248 e. The van der Waals surface area contributed by atoms with E-state index in [2.05, 4.69) is 5.32 Å². The molecule has 3 rings (SSSR count). The number of amides is 1. The highest BCUT2D eigenvalue weighted by Gasteiger charge is 2.02. The summed E-state index contributed by atoms with van der Waals surface area (Å²) < 4.78 is 11.0. The van der Waals surface area contributed by atoms with E-state index in [0.717, 1.165) is 23.6 Å². The summed E-state index contributed by atoms with van der Waals surface area (Å²) in [7, 11) is 0. The van der Waals surface area contributed by atoms with Crippen LogP contribution in [0.4, 0.5) is 0 Å². The van der Waals surface area contributed by atoms with Gasteiger partial charge in [-0.05, 0) is 54.1 Å². The number of nitrogens with one attached hydrogen (secondary N) is 1. The molecule has 0 spiro atoms. The predicted molar refractivity (Wildman–Crippen MR) is 90.7 cm³/mol. The van der Waals surface area contributed by atoms with Crippen molar-refractivity contribution in [2.75, 3.05) is 0 Å². The minimum absolute atomic E-state index is 0.451. The van der Waals surface area contributed by atoms with E-state index in [1.165, 1.54) is 0 Å². The lowest BCUT2D eigenvalue weighted by molar-refractivity contribution is 0.100. The molecule has 0 aliphatic carbocycles. The molecule has 0 aliphatic heterocycles. The van der Waals surface area contributed by atoms with Crippen LogP contribution in [-0.4, -0.2) is 5.91 Å². The van der Waals surface area contributed by atoms with E-state index in [1.54, 1.807) is 30.5 Å². The summed E-state index contributed by atoms with van der Waals surface area (Å²) in [6.45, 7) is 1.44. The van der Waals surface area contributed by atoms with Crippen molar-refractivity contribution in [3.05, 3.63) is 83.8 Å². The van der Waals surface area contributed by atoms with Gasteiger partial charge in [0.05, 0.1) is 12.8 Å². The molecule has 0 saturated carbocycles. The summed E-state index contributed by atoms with van der Waals surface area (Å²) in [5, 5.41) is 3.31. The number of rotatable bonds is 7. The number of carbonyl (C=O) groups excluding carboxylic acids is 1. The molecule has 5 nitrogen and oxygen atoms in total. The number of carbonyl (C=O) groups is 1. The zero-order valence-corrected chi connectivity index (χ0v) is 13.1. The maximum atomic E-state index is 11.0. The van der Waals surface area contributed by atoms with Crippen molar-refractivity contribution in [1.29, 1.82) is 0 Å². The molecule has 122 valence electrons. The molecule has 24 heavy (non-hydrogen) atoms. The molecular weight excluding hydrogens is 304 g/mol. The number of primary amides is 1. The molecule has 2 aromatic carbocycles. The molecule has 0 radical (unpaired) electrons. The normalized spacial score (nSPS) is 10.5. The predicted octanol–water partition coefficient (Wildman–Crippen LogP) is 3.46. The van der Waals surface area contributed by atoms with Crippen LogP contribution in [0.2, 0.25) is 0 Å². The second kappa shape index (κ2) is 7.48. The lowest BCUT2D eigenvalue weighted by Gasteiger charge is -2.08. The number of furan rings is 1. The largest absolute Gasteiger partial charge is 0.468 e. The van der Waals surface area contributed by atoms with Gasteiger partial charge in [0.25, 0.3) is 0 Å². The van der Waals surface area contributed by atoms with Crippen molar-refractivity contribution in [1.82, 2.24) is 5.32 Å². The van der Waals surface area contributed by atoms with Crippen molar-refractivity contribution < 1.29 is 13.9 Å². The second-order valence-electron chi connectivity index (χ2n) is 5.32. The first-order valence-corrected chi connectivity index (χ1v) is 7.60. The fourth-order valence-corrected chi connectivity index (χ4v) is 2.24. The average Bonchev–Trinajstić information content (AvgIpc) is 3.10. The lowest BCUT2D eigenvalue weighted by Crippen LogP contribution is -2.11. The summed E-state index contributed by atoms with van der Waals surface area (Å²) in [6, 6.07) is 18.4. The maximum Gasteiger partial charge on any atom is 0.248 e. The topological polar surface area (TPSA) is 77.5 Å². The van der Waals surface area contributed by atoms with Crippen LogP contribution in [-0.2, 0) is 13.1 Å². The van der Waals surface area contributed by atoms with Gasteiger partial charge in [-0.3, -0.25) is 4.79 Å². The SMILES string of the molecule is NC(=O)c1ccc(Oc2ccc(CNCc3ccco3)cc2)cc1. The summed E-state index contributed by atoms with van der Waals surface area (Å²) in [5.74, 6) is 1.85. The Hall–Kier alpha value is -3.05. The van der Waals surface area contributed by atoms with Crippen molar-refractivity contribution in [2.24, 2.45) is 5.73 Å². The third-order valence-corrected chi connectivity index (χ3v) is 3.51. The van der Waals surface area contributed by atoms with E-state index in [-0.39, 0.29) is 0 Å². The molecule has 1 aromatic heterocycles. The minimum Gasteiger partial charge on any atom is -0.468 e. The van der Waals surface area contributed by atoms with Crippen molar-refractivity contribution in [3.8, 4) is 11.5 Å². The van der Waals surface area contributed by atoms with Crippen molar-refractivity contribution >= 4 is 5.91 Å². The molecule has 3 aromatic rings. The Bertz CT molecular complexity index is 778. The summed E-state index contributed by atoms with van der Waals surface area (Å²) in [6.07, 6.45) is 1.67. The third-order valence-electron chi connectivity index (χ3n) is 3.51. The van der Waals surface area contributed by atoms with Gasteiger partial charge in [-0.1, -0.05) is 12.1 Å². The summed E-state index contributed by atoms with van der Waals surface area (Å²) in [4.78, 5) is 11.0. The average molecular weight is 322 g/mol. The van der Waals surface area contributed by atoms with Gasteiger partial charge in [0.2, 0.25) is 5.91 Å². The van der Waals surface area contributed by atoms with E-state index in [4.69, 9.17) is 14.9 Å². The molecular formula is C19H18N2O3. The Morgan fingerprint density at radius 2 is 1.62 bits per heavy atom. The first-order valence-electron chi connectivity index (χ1n) is 7.60.